The Bertz CT molecular complexity index is 877. The highest BCUT2D eigenvalue weighted by molar-refractivity contribution is 6.65. The Morgan fingerprint density at radius 3 is 2.29 bits per heavy atom. The molecule has 214 valence electrons. The molecule has 1 N–H and O–H groups in total. The first-order valence-electron chi connectivity index (χ1n) is 14.6. The molecule has 5 atom stereocenters. The molecule has 0 aromatic carbocycles. The van der Waals surface area contributed by atoms with E-state index in [0.717, 1.165) is 31.3 Å². The van der Waals surface area contributed by atoms with Gasteiger partial charge in [-0.25, -0.2) is 4.79 Å². The van der Waals surface area contributed by atoms with Crippen molar-refractivity contribution in [3.63, 3.8) is 0 Å². The van der Waals surface area contributed by atoms with Gasteiger partial charge in [-0.15, -0.1) is 5.98 Å². The number of carbonyl (C=O) groups excluding carboxylic acids is 2. The quantitative estimate of drug-likeness (QED) is 0.312. The molecule has 0 unspecified atom stereocenters. The molecule has 0 spiro atoms. The van der Waals surface area contributed by atoms with Crippen LogP contribution in [-0.4, -0.2) is 85.2 Å². The van der Waals surface area contributed by atoms with Gasteiger partial charge in [0.15, 0.2) is 6.71 Å². The second-order valence-electron chi connectivity index (χ2n) is 13.6. The van der Waals surface area contributed by atoms with Gasteiger partial charge in [0.1, 0.15) is 12.2 Å². The average molecular weight is 531 g/mol. The van der Waals surface area contributed by atoms with Crippen molar-refractivity contribution < 1.29 is 24.2 Å². The molecular formula is C30H51BN2O5. The summed E-state index contributed by atoms with van der Waals surface area (Å²) in [7, 11) is 2.06. The fourth-order valence-electron chi connectivity index (χ4n) is 6.15. The van der Waals surface area contributed by atoms with E-state index in [9.17, 15) is 14.7 Å². The summed E-state index contributed by atoms with van der Waals surface area (Å²) in [6.45, 7) is 18.9. The highest BCUT2D eigenvalue weighted by Crippen LogP contribution is 2.53. The zero-order chi connectivity index (χ0) is 28.3. The zero-order valence-electron chi connectivity index (χ0n) is 25.0. The van der Waals surface area contributed by atoms with Gasteiger partial charge in [0.2, 0.25) is 0 Å². The first kappa shape index (κ1) is 30.7. The van der Waals surface area contributed by atoms with E-state index in [0.29, 0.717) is 32.6 Å². The number of nitrogens with zero attached hydrogens (tertiary/aromatic N) is 2. The number of likely N-dealkylation sites (N-methyl/N-ethyl adjacent to an activating group) is 1. The molecule has 3 heterocycles. The lowest BCUT2D eigenvalue weighted by atomic mass is 9.46. The molecule has 8 heteroatoms. The maximum absolute atomic E-state index is 13.0. The van der Waals surface area contributed by atoms with Crippen molar-refractivity contribution >= 4 is 18.8 Å². The van der Waals surface area contributed by atoms with Crippen molar-refractivity contribution in [2.24, 2.45) is 22.7 Å². The molecule has 7 nitrogen and oxygen atoms in total. The first-order valence-corrected chi connectivity index (χ1v) is 14.6. The Hall–Kier alpha value is -1.80. The number of hydrogen-bond acceptors (Lipinski definition) is 6. The molecule has 2 fully saturated rings. The number of ether oxygens (including phenoxy) is 2. The molecule has 3 rings (SSSR count). The summed E-state index contributed by atoms with van der Waals surface area (Å²) in [5, 5.41) is 10.6. The summed E-state index contributed by atoms with van der Waals surface area (Å²) >= 11 is 0. The Balaban J connectivity index is 1.80. The highest BCUT2D eigenvalue weighted by atomic mass is 16.6. The van der Waals surface area contributed by atoms with E-state index in [4.69, 9.17) is 9.47 Å². The number of aliphatic hydroxyl groups is 1. The lowest BCUT2D eigenvalue weighted by molar-refractivity contribution is -0.151. The minimum atomic E-state index is -0.779. The summed E-state index contributed by atoms with van der Waals surface area (Å²) in [5.74, 6) is 1.84. The van der Waals surface area contributed by atoms with Crippen LogP contribution in [-0.2, 0) is 14.3 Å². The number of aliphatic hydroxyl groups excluding tert-OH is 1. The predicted octanol–water partition coefficient (Wildman–Crippen LogP) is 5.07. The third-order valence-electron chi connectivity index (χ3n) is 9.58. The van der Waals surface area contributed by atoms with E-state index >= 15 is 0 Å². The van der Waals surface area contributed by atoms with E-state index in [1.165, 1.54) is 0 Å². The SMILES string of the molecule is C/C(=C\B1CC(C)(C)C(C)(C)C1)[C@H]1OC(=O)C[C@H](O)CC[C@H](C)[C@@H](OC(=O)N2CCN(C)CC2)/C=C/[C@@H]1C. The first-order chi connectivity index (χ1) is 17.7. The molecule has 0 aromatic heterocycles. The van der Waals surface area contributed by atoms with E-state index in [1.54, 1.807) is 4.90 Å². The maximum atomic E-state index is 13.0. The highest BCUT2D eigenvalue weighted by Gasteiger charge is 2.47. The Kier molecular flexibility index (Phi) is 10.2. The third kappa shape index (κ3) is 7.87. The summed E-state index contributed by atoms with van der Waals surface area (Å²) in [4.78, 5) is 29.7. The Morgan fingerprint density at radius 1 is 1.08 bits per heavy atom. The van der Waals surface area contributed by atoms with Crippen molar-refractivity contribution in [1.29, 1.82) is 0 Å². The minimum absolute atomic E-state index is 0.0120. The van der Waals surface area contributed by atoms with Crippen molar-refractivity contribution in [3.05, 3.63) is 23.7 Å². The number of rotatable bonds is 3. The van der Waals surface area contributed by atoms with Gasteiger partial charge >= 0.3 is 12.1 Å². The Labute approximate surface area is 231 Å². The van der Waals surface area contributed by atoms with Crippen molar-refractivity contribution in [1.82, 2.24) is 9.80 Å². The molecular weight excluding hydrogens is 479 g/mol. The average Bonchev–Trinajstić information content (AvgIpc) is 3.03. The Morgan fingerprint density at radius 2 is 1.68 bits per heavy atom. The van der Waals surface area contributed by atoms with E-state index in [-0.39, 0.29) is 41.1 Å². The summed E-state index contributed by atoms with van der Waals surface area (Å²) in [6, 6.07) is 0. The molecule has 38 heavy (non-hydrogen) atoms. The summed E-state index contributed by atoms with van der Waals surface area (Å²) < 4.78 is 12.0. The monoisotopic (exact) mass is 530 g/mol. The number of esters is 1. The van der Waals surface area contributed by atoms with Gasteiger partial charge < -0.3 is 24.4 Å². The van der Waals surface area contributed by atoms with Crippen LogP contribution in [0.15, 0.2) is 23.7 Å². The number of carbonyl (C=O) groups is 2. The van der Waals surface area contributed by atoms with Gasteiger partial charge in [-0.2, -0.15) is 0 Å². The van der Waals surface area contributed by atoms with Crippen molar-refractivity contribution in [3.8, 4) is 0 Å². The molecule has 3 aliphatic heterocycles. The molecule has 0 aliphatic carbocycles. The number of piperazine rings is 1. The predicted molar refractivity (Wildman–Crippen MR) is 153 cm³/mol. The van der Waals surface area contributed by atoms with Crippen LogP contribution in [0.25, 0.3) is 0 Å². The molecule has 0 bridgehead atoms. The van der Waals surface area contributed by atoms with Crippen LogP contribution < -0.4 is 0 Å². The molecule has 2 saturated heterocycles. The standard InChI is InChI=1S/C30H51BN2O5/c1-21-9-11-24(34)17-26(35)38-27(23(3)18-31-19-29(4,5)30(6,7)20-31)22(2)10-12-25(21)37-28(36)33-15-13-32(8)14-16-33/h10,12,18,21-22,24-25,27,34H,9,11,13-17,19-20H2,1-8H3/b12-10+,23-18+/t21-,22-,24+,25-,27-/m0/s1. The minimum Gasteiger partial charge on any atom is -0.457 e. The number of hydrogen-bond donors (Lipinski definition) is 1. The normalized spacial score (nSPS) is 34.2. The van der Waals surface area contributed by atoms with Crippen LogP contribution >= 0.6 is 0 Å². The maximum Gasteiger partial charge on any atom is 0.410 e. The fraction of sp³-hybridized carbons (Fsp3) is 0.800. The van der Waals surface area contributed by atoms with E-state index < -0.39 is 18.3 Å². The number of cyclic esters (lactones) is 1. The van der Waals surface area contributed by atoms with E-state index in [2.05, 4.69) is 52.5 Å². The van der Waals surface area contributed by atoms with Gasteiger partial charge in [-0.3, -0.25) is 4.79 Å². The van der Waals surface area contributed by atoms with Crippen LogP contribution in [0.1, 0.15) is 67.7 Å². The smallest absolute Gasteiger partial charge is 0.410 e. The fourth-order valence-corrected chi connectivity index (χ4v) is 6.15. The second-order valence-corrected chi connectivity index (χ2v) is 13.6. The van der Waals surface area contributed by atoms with Gasteiger partial charge in [0, 0.05) is 32.1 Å². The lowest BCUT2D eigenvalue weighted by Crippen LogP contribution is -2.48. The molecule has 3 aliphatic rings. The topological polar surface area (TPSA) is 79.3 Å². The number of amides is 1. The van der Waals surface area contributed by atoms with Crippen LogP contribution in [0.3, 0.4) is 0 Å². The molecule has 0 saturated carbocycles. The largest absolute Gasteiger partial charge is 0.457 e. The third-order valence-corrected chi connectivity index (χ3v) is 9.58. The van der Waals surface area contributed by atoms with Gasteiger partial charge in [0.05, 0.1) is 12.5 Å². The van der Waals surface area contributed by atoms with Gasteiger partial charge in [-0.05, 0) is 55.2 Å². The van der Waals surface area contributed by atoms with Crippen LogP contribution in [0, 0.1) is 22.7 Å². The van der Waals surface area contributed by atoms with Gasteiger partial charge in [0.25, 0.3) is 0 Å². The summed E-state index contributed by atoms with van der Waals surface area (Å²) in [6.07, 6.45) is 5.37. The zero-order valence-corrected chi connectivity index (χ0v) is 25.0. The summed E-state index contributed by atoms with van der Waals surface area (Å²) in [5.41, 5.74) is 1.52. The molecule has 0 aromatic rings. The van der Waals surface area contributed by atoms with Crippen LogP contribution in [0.2, 0.25) is 12.6 Å². The van der Waals surface area contributed by atoms with Crippen molar-refractivity contribution in [2.45, 2.75) is 98.7 Å². The lowest BCUT2D eigenvalue weighted by Gasteiger charge is -2.35. The molecule has 1 amide bonds. The van der Waals surface area contributed by atoms with Crippen LogP contribution in [0.4, 0.5) is 4.79 Å². The van der Waals surface area contributed by atoms with Crippen LogP contribution in [0.5, 0.6) is 0 Å². The molecule has 0 radical (unpaired) electrons. The second kappa shape index (κ2) is 12.6. The van der Waals surface area contributed by atoms with Gasteiger partial charge in [-0.1, -0.05) is 60.3 Å². The van der Waals surface area contributed by atoms with Crippen molar-refractivity contribution in [2.75, 3.05) is 33.2 Å². The van der Waals surface area contributed by atoms with E-state index in [1.807, 2.05) is 26.0 Å².